The number of nitrogens with one attached hydrogen (secondary N) is 21. The van der Waals surface area contributed by atoms with Crippen molar-refractivity contribution in [2.24, 2.45) is 34.8 Å². The van der Waals surface area contributed by atoms with Gasteiger partial charge in [0.15, 0.2) is 11.9 Å². The number of carbonyl (C=O) groups is 19. The molecule has 0 aliphatic rings. The number of amides is 17. The van der Waals surface area contributed by atoms with Gasteiger partial charge in [0.1, 0.15) is 84.3 Å². The number of guanidine groups is 2. The molecule has 738 valence electrons. The maximum absolute atomic E-state index is 15.4. The summed E-state index contributed by atoms with van der Waals surface area (Å²) in [4.78, 5) is 267. The fourth-order valence-electron chi connectivity index (χ4n) is 13.9. The van der Waals surface area contributed by atoms with Gasteiger partial charge in [-0.3, -0.25) is 102 Å². The van der Waals surface area contributed by atoms with Gasteiger partial charge in [-0.05, 0) is 111 Å². The molecule has 2 aromatic heterocycles. The Morgan fingerprint density at radius 1 is 0.385 bits per heavy atom. The monoisotopic (exact) mass is 1930 g/mol. The van der Waals surface area contributed by atoms with Crippen molar-refractivity contribution in [3.63, 3.8) is 0 Å². The van der Waals surface area contributed by atoms with E-state index in [2.05, 4.69) is 126 Å². The summed E-state index contributed by atoms with van der Waals surface area (Å²) in [5, 5.41) is 99.0. The van der Waals surface area contributed by atoms with Crippen LogP contribution in [0.2, 0.25) is 0 Å². The molecule has 0 spiro atoms. The van der Waals surface area contributed by atoms with Crippen LogP contribution in [-0.2, 0) is 110 Å². The number of carboxylic acid groups (broad SMARTS) is 2. The number of aliphatic hydroxyl groups is 1. The molecule has 0 aliphatic carbocycles. The van der Waals surface area contributed by atoms with Gasteiger partial charge < -0.3 is 144 Å². The predicted octanol–water partition coefficient (Wildman–Crippen LogP) is -6.11. The second-order valence-electron chi connectivity index (χ2n) is 32.7. The van der Waals surface area contributed by atoms with Crippen molar-refractivity contribution in [2.45, 2.75) is 216 Å². The minimum Gasteiger partial charge on any atom is -0.508 e. The lowest BCUT2D eigenvalue weighted by Crippen LogP contribution is -2.62. The van der Waals surface area contributed by atoms with E-state index in [1.807, 2.05) is 0 Å². The first kappa shape index (κ1) is 111. The highest BCUT2D eigenvalue weighted by molar-refractivity contribution is 7.80. The number of para-hydroxylation sites is 2. The molecule has 0 saturated heterocycles. The van der Waals surface area contributed by atoms with Crippen LogP contribution in [-0.4, -0.2) is 277 Å². The van der Waals surface area contributed by atoms with Gasteiger partial charge in [-0.25, -0.2) is 0 Å². The van der Waals surface area contributed by atoms with Crippen molar-refractivity contribution >= 4 is 171 Å². The number of hydrogen-bond acceptors (Lipinski definition) is 25. The summed E-state index contributed by atoms with van der Waals surface area (Å²) >= 11 is 8.54. The SMILES string of the molecule is CC(=O)N[C@@H](CS)C(=O)N[C@@H](CCCNC(=N)N)C(=O)N[C@H](C(=O)N[C@@H](Cc1c[nH]c2ccccc12)C(=O)N[C@@H](CCC(N)=O)C(=O)N[C@@H](CS)C(=O)N[C@@H](Cc1ccc(O)cc1)C(=O)N[C@@H](Cc1c[nH]c2ccccc12)C(=O)N[C@@H](CC(C)C)C(=O)N[C@@H](CCCNC(=N)N)C(=O)N[C@@H](CC(C)C)C(=O)NCC(=O)N[C@@H](CC(=O)O)C(=O)N[C@@H](CCC(=O)O)C(=O)NCC(N)=O)[C@@H](C)O. The molecule has 0 fully saturated rings. The third kappa shape index (κ3) is 39.2. The second kappa shape index (κ2) is 55.9. The van der Waals surface area contributed by atoms with Crippen molar-refractivity contribution in [2.75, 3.05) is 37.7 Å². The third-order valence-electron chi connectivity index (χ3n) is 20.6. The normalized spacial score (nSPS) is 14.2. The Morgan fingerprint density at radius 2 is 0.748 bits per heavy atom. The number of fused-ring (bicyclic) bond motifs is 2. The first-order valence-electron chi connectivity index (χ1n) is 43.2. The molecule has 2 heterocycles. The summed E-state index contributed by atoms with van der Waals surface area (Å²) in [7, 11) is 0. The lowest BCUT2D eigenvalue weighted by atomic mass is 9.99. The summed E-state index contributed by atoms with van der Waals surface area (Å²) in [6.07, 6.45) is -3.76. The van der Waals surface area contributed by atoms with Gasteiger partial charge >= 0.3 is 11.9 Å². The van der Waals surface area contributed by atoms with Crippen LogP contribution >= 0.6 is 25.3 Å². The Morgan fingerprint density at radius 3 is 1.18 bits per heavy atom. The Labute approximate surface area is 786 Å². The van der Waals surface area contributed by atoms with Crippen LogP contribution in [0, 0.1) is 22.7 Å². The average Bonchev–Trinajstić information content (AvgIpc) is 1.79. The number of H-pyrrole nitrogens is 2. The fraction of sp³-hybridized carbons (Fsp3) is 0.494. The van der Waals surface area contributed by atoms with E-state index in [0.29, 0.717) is 38.5 Å². The van der Waals surface area contributed by atoms with E-state index in [1.54, 1.807) is 82.4 Å². The van der Waals surface area contributed by atoms with Crippen LogP contribution in [0.5, 0.6) is 5.75 Å². The van der Waals surface area contributed by atoms with Gasteiger partial charge in [0, 0.05) is 97.8 Å². The number of aliphatic carboxylic acids is 2. The minimum atomic E-state index is -1.95. The molecule has 0 saturated carbocycles. The van der Waals surface area contributed by atoms with Gasteiger partial charge in [-0.2, -0.15) is 25.3 Å². The number of nitrogens with two attached hydrogens (primary N) is 4. The molecule has 0 unspecified atom stereocenters. The maximum Gasteiger partial charge on any atom is 0.305 e. The smallest absolute Gasteiger partial charge is 0.305 e. The predicted molar refractivity (Wildman–Crippen MR) is 496 cm³/mol. The number of thiol groups is 2. The van der Waals surface area contributed by atoms with E-state index < -0.39 is 272 Å². The summed E-state index contributed by atoms with van der Waals surface area (Å²) in [5.41, 5.74) is 24.1. The highest BCUT2D eigenvalue weighted by Crippen LogP contribution is 2.23. The molecule has 135 heavy (non-hydrogen) atoms. The molecule has 5 aromatic rings. The molecular formula is C85H123N25O23S2. The van der Waals surface area contributed by atoms with E-state index in [0.717, 1.165) is 13.8 Å². The molecule has 17 amide bonds. The number of phenols is 1. The molecule has 5 rings (SSSR count). The van der Waals surface area contributed by atoms with Crippen LogP contribution in [0.15, 0.2) is 85.2 Å². The van der Waals surface area contributed by atoms with Gasteiger partial charge in [0.2, 0.25) is 100 Å². The molecule has 48 nitrogen and oxygen atoms in total. The van der Waals surface area contributed by atoms with Gasteiger partial charge in [-0.15, -0.1) is 0 Å². The van der Waals surface area contributed by atoms with Crippen molar-refractivity contribution in [1.82, 2.24) is 100 Å². The number of carbonyl (C=O) groups excluding carboxylic acids is 17. The number of aromatic hydroxyl groups is 1. The zero-order valence-electron chi connectivity index (χ0n) is 75.2. The molecule has 33 N–H and O–H groups in total. The Hall–Kier alpha value is -14.3. The van der Waals surface area contributed by atoms with Crippen LogP contribution in [0.25, 0.3) is 21.8 Å². The van der Waals surface area contributed by atoms with E-state index in [-0.39, 0.29) is 81.9 Å². The first-order chi connectivity index (χ1) is 63.7. The standard InChI is InChI=1S/C85H123N25O23S2/c1-41(2)29-57(72(122)97-38-67(116)99-62(34-69(119)120)80(130)102-55(24-26-68(117)118)71(121)96-37-66(87)115)104-73(123)53(17-11-27-92-84(88)89)100-76(126)58(30-42(3)4)105-79(129)60(32-46-35-94-51-15-9-7-13-49(46)51)107-77(127)59(31-45-19-21-48(113)22-20-45)106-82(132)64(40-135)109-74(124)56(23-25-65(86)114)103-78(128)61(33-47-36-95-52-16-10-8-14-50(47)52)108-83(133)70(43(5)111)110-75(125)54(18-12-28-93-85(90)91)101-81(131)63(39-134)98-44(6)112/h7-10,13-16,19-22,35-36,41-43,53-64,70,94-95,111,113,134-135H,11-12,17-18,23-34,37-40H2,1-6H3,(H2,86,114)(H2,87,115)(H,96,121)(H,97,122)(H,98,112)(H,99,116)(H,100,126)(H,101,131)(H,102,130)(H,103,128)(H,104,123)(H,105,129)(H,106,132)(H,107,127)(H,108,133)(H,109,124)(H,110,125)(H,117,118)(H,119,120)(H4,88,89,92)(H4,90,91,93)/t43-,53+,54+,55+,56+,57+,58+,59+,60+,61+,62+,63+,64+,70+/m1/s1. The summed E-state index contributed by atoms with van der Waals surface area (Å²) in [6, 6.07) is -2.32. The Balaban J connectivity index is 1.46. The lowest BCUT2D eigenvalue weighted by molar-refractivity contribution is -0.141. The zero-order valence-corrected chi connectivity index (χ0v) is 77.0. The van der Waals surface area contributed by atoms with Crippen molar-refractivity contribution in [3.8, 4) is 5.75 Å². The average molecular weight is 1930 g/mol. The van der Waals surface area contributed by atoms with Crippen LogP contribution in [0.1, 0.15) is 129 Å². The number of rotatable bonds is 59. The number of benzene rings is 3. The Kier molecular flexibility index (Phi) is 46.0. The quantitative estimate of drug-likeness (QED) is 0.00745. The number of aliphatic hydroxyl groups excluding tert-OH is 1. The summed E-state index contributed by atoms with van der Waals surface area (Å²) in [6.45, 7) is 7.37. The number of aromatic nitrogens is 2. The van der Waals surface area contributed by atoms with Crippen LogP contribution in [0.4, 0.5) is 0 Å². The fourth-order valence-corrected chi connectivity index (χ4v) is 14.4. The first-order valence-corrected chi connectivity index (χ1v) is 44.4. The molecule has 3 aromatic carbocycles. The highest BCUT2D eigenvalue weighted by Gasteiger charge is 2.40. The minimum absolute atomic E-state index is 0.0143. The molecular weight excluding hydrogens is 1800 g/mol. The number of aromatic amines is 2. The number of carboxylic acids is 2. The summed E-state index contributed by atoms with van der Waals surface area (Å²) < 4.78 is 0. The molecule has 0 aliphatic heterocycles. The zero-order chi connectivity index (χ0) is 100. The number of hydrogen-bond donors (Lipinski definition) is 31. The molecule has 50 heteroatoms. The van der Waals surface area contributed by atoms with Gasteiger partial charge in [0.05, 0.1) is 25.6 Å². The largest absolute Gasteiger partial charge is 0.508 e. The highest BCUT2D eigenvalue weighted by atomic mass is 32.1. The van der Waals surface area contributed by atoms with E-state index in [4.69, 9.17) is 33.8 Å². The van der Waals surface area contributed by atoms with Crippen molar-refractivity contribution in [1.29, 1.82) is 10.8 Å². The van der Waals surface area contributed by atoms with Gasteiger partial charge in [0.25, 0.3) is 0 Å². The van der Waals surface area contributed by atoms with Crippen LogP contribution in [0.3, 0.4) is 0 Å². The maximum atomic E-state index is 15.4. The molecule has 0 radical (unpaired) electrons. The number of primary amides is 2. The third-order valence-corrected chi connectivity index (χ3v) is 21.4. The van der Waals surface area contributed by atoms with Gasteiger partial charge in [-0.1, -0.05) is 76.2 Å². The Bertz CT molecular complexity index is 5030. The summed E-state index contributed by atoms with van der Waals surface area (Å²) in [5.74, 6) is -23.1. The molecule has 0 bridgehead atoms. The van der Waals surface area contributed by atoms with Crippen LogP contribution < -0.4 is 113 Å². The van der Waals surface area contributed by atoms with E-state index in [1.165, 1.54) is 30.5 Å². The van der Waals surface area contributed by atoms with Crippen molar-refractivity contribution < 1.29 is 112 Å². The lowest BCUT2D eigenvalue weighted by Gasteiger charge is -2.29. The second-order valence-corrected chi connectivity index (χ2v) is 33.5. The number of phenolic OH excluding ortho intramolecular Hbond substituents is 1. The van der Waals surface area contributed by atoms with E-state index in [9.17, 15) is 92.3 Å². The van der Waals surface area contributed by atoms with E-state index >= 15 is 19.2 Å². The topological polar surface area (TPSA) is 793 Å². The van der Waals surface area contributed by atoms with Crippen molar-refractivity contribution in [3.05, 3.63) is 102 Å². The molecule has 14 atom stereocenters.